The summed E-state index contributed by atoms with van der Waals surface area (Å²) in [4.78, 5) is 0. The second-order valence-corrected chi connectivity index (χ2v) is 2.97. The number of nitriles is 1. The molecule has 68 valence electrons. The molecule has 2 rings (SSSR count). The molecular formula is C11H9N3. The largest absolute Gasteiger partial charge is 0.399 e. The van der Waals surface area contributed by atoms with Crippen LogP contribution in [-0.4, -0.2) is 4.57 Å². The van der Waals surface area contributed by atoms with E-state index in [2.05, 4.69) is 6.07 Å². The highest BCUT2D eigenvalue weighted by Gasteiger charge is 2.00. The van der Waals surface area contributed by atoms with Crippen LogP contribution in [-0.2, 0) is 0 Å². The van der Waals surface area contributed by atoms with E-state index in [9.17, 15) is 0 Å². The van der Waals surface area contributed by atoms with Crippen LogP contribution in [0.4, 0.5) is 5.69 Å². The number of anilines is 1. The van der Waals surface area contributed by atoms with Crippen LogP contribution in [0.3, 0.4) is 0 Å². The van der Waals surface area contributed by atoms with E-state index in [4.69, 9.17) is 11.0 Å². The monoisotopic (exact) mass is 183 g/mol. The molecule has 14 heavy (non-hydrogen) atoms. The normalized spacial score (nSPS) is 9.64. The van der Waals surface area contributed by atoms with Gasteiger partial charge in [-0.05, 0) is 36.4 Å². The molecule has 0 aliphatic heterocycles. The van der Waals surface area contributed by atoms with Crippen LogP contribution in [0, 0.1) is 11.3 Å². The molecule has 0 saturated carbocycles. The number of nitrogens with two attached hydrogens (primary N) is 1. The molecule has 3 heteroatoms. The number of aromatic nitrogens is 1. The molecule has 2 N–H and O–H groups in total. The Morgan fingerprint density at radius 3 is 2.50 bits per heavy atom. The van der Waals surface area contributed by atoms with Crippen molar-refractivity contribution in [2.45, 2.75) is 0 Å². The Hall–Kier alpha value is -2.21. The van der Waals surface area contributed by atoms with Gasteiger partial charge in [-0.2, -0.15) is 5.26 Å². The molecule has 1 heterocycles. The lowest BCUT2D eigenvalue weighted by atomic mass is 10.3. The second kappa shape index (κ2) is 3.27. The Kier molecular flexibility index (Phi) is 1.96. The Morgan fingerprint density at radius 2 is 1.86 bits per heavy atom. The fourth-order valence-electron chi connectivity index (χ4n) is 1.33. The molecule has 0 amide bonds. The lowest BCUT2D eigenvalue weighted by Crippen LogP contribution is -1.95. The number of rotatable bonds is 1. The van der Waals surface area contributed by atoms with Crippen LogP contribution >= 0.6 is 0 Å². The summed E-state index contributed by atoms with van der Waals surface area (Å²) in [6, 6.07) is 13.1. The smallest absolute Gasteiger partial charge is 0.124 e. The topological polar surface area (TPSA) is 54.7 Å². The van der Waals surface area contributed by atoms with E-state index >= 15 is 0 Å². The minimum Gasteiger partial charge on any atom is -0.399 e. The van der Waals surface area contributed by atoms with Gasteiger partial charge in [0, 0.05) is 17.6 Å². The van der Waals surface area contributed by atoms with Gasteiger partial charge in [0.1, 0.15) is 11.8 Å². The highest BCUT2D eigenvalue weighted by Crippen LogP contribution is 2.13. The molecule has 2 aromatic rings. The van der Waals surface area contributed by atoms with Crippen LogP contribution in [0.5, 0.6) is 0 Å². The Balaban J connectivity index is 2.50. The van der Waals surface area contributed by atoms with E-state index in [1.165, 1.54) is 0 Å². The minimum atomic E-state index is 0.620. The van der Waals surface area contributed by atoms with Crippen molar-refractivity contribution in [2.75, 3.05) is 5.73 Å². The zero-order chi connectivity index (χ0) is 9.97. The third-order valence-corrected chi connectivity index (χ3v) is 2.03. The lowest BCUT2D eigenvalue weighted by molar-refractivity contribution is 1.05. The predicted molar refractivity (Wildman–Crippen MR) is 54.9 cm³/mol. The summed E-state index contributed by atoms with van der Waals surface area (Å²) in [5, 5.41) is 8.83. The van der Waals surface area contributed by atoms with E-state index in [0.29, 0.717) is 5.69 Å². The van der Waals surface area contributed by atoms with Crippen LogP contribution in [0.1, 0.15) is 5.69 Å². The fourth-order valence-corrected chi connectivity index (χ4v) is 1.33. The summed E-state index contributed by atoms with van der Waals surface area (Å²) >= 11 is 0. The number of nitrogen functional groups attached to an aromatic ring is 1. The van der Waals surface area contributed by atoms with E-state index in [-0.39, 0.29) is 0 Å². The highest BCUT2D eigenvalue weighted by molar-refractivity contribution is 5.47. The number of benzene rings is 1. The van der Waals surface area contributed by atoms with E-state index < -0.39 is 0 Å². The minimum absolute atomic E-state index is 0.620. The molecule has 0 aliphatic rings. The van der Waals surface area contributed by atoms with Gasteiger partial charge in [0.15, 0.2) is 0 Å². The summed E-state index contributed by atoms with van der Waals surface area (Å²) in [5.74, 6) is 0. The number of hydrogen-bond acceptors (Lipinski definition) is 2. The summed E-state index contributed by atoms with van der Waals surface area (Å²) in [6.45, 7) is 0. The Bertz CT molecular complexity index is 474. The maximum absolute atomic E-state index is 8.83. The van der Waals surface area contributed by atoms with Crippen molar-refractivity contribution in [2.24, 2.45) is 0 Å². The zero-order valence-electron chi connectivity index (χ0n) is 7.51. The van der Waals surface area contributed by atoms with Crippen LogP contribution in [0.2, 0.25) is 0 Å². The van der Waals surface area contributed by atoms with Gasteiger partial charge in [-0.1, -0.05) is 0 Å². The van der Waals surface area contributed by atoms with Crippen molar-refractivity contribution in [1.82, 2.24) is 4.57 Å². The fraction of sp³-hybridized carbons (Fsp3) is 0. The number of hydrogen-bond donors (Lipinski definition) is 1. The first-order valence-corrected chi connectivity index (χ1v) is 4.24. The van der Waals surface area contributed by atoms with Crippen molar-refractivity contribution in [1.29, 1.82) is 5.26 Å². The third-order valence-electron chi connectivity index (χ3n) is 2.03. The molecular weight excluding hydrogens is 174 g/mol. The zero-order valence-corrected chi connectivity index (χ0v) is 7.51. The second-order valence-electron chi connectivity index (χ2n) is 2.97. The highest BCUT2D eigenvalue weighted by atomic mass is 15.0. The van der Waals surface area contributed by atoms with E-state index in [1.807, 2.05) is 41.1 Å². The van der Waals surface area contributed by atoms with Crippen molar-refractivity contribution in [3.8, 4) is 11.8 Å². The van der Waals surface area contributed by atoms with Crippen LogP contribution < -0.4 is 5.73 Å². The van der Waals surface area contributed by atoms with Crippen molar-refractivity contribution in [3.05, 3.63) is 48.3 Å². The van der Waals surface area contributed by atoms with Crippen molar-refractivity contribution < 1.29 is 0 Å². The summed E-state index contributed by atoms with van der Waals surface area (Å²) in [5.41, 5.74) is 7.86. The maximum atomic E-state index is 8.83. The molecule has 0 spiro atoms. The molecule has 1 aromatic carbocycles. The molecule has 0 saturated heterocycles. The number of nitrogens with zero attached hydrogens (tertiary/aromatic N) is 2. The molecule has 1 aromatic heterocycles. The first-order chi connectivity index (χ1) is 6.81. The van der Waals surface area contributed by atoms with Gasteiger partial charge in [-0.3, -0.25) is 0 Å². The molecule has 0 unspecified atom stereocenters. The van der Waals surface area contributed by atoms with E-state index in [0.717, 1.165) is 11.4 Å². The molecule has 0 atom stereocenters. The predicted octanol–water partition coefficient (Wildman–Crippen LogP) is 1.93. The van der Waals surface area contributed by atoms with Crippen LogP contribution in [0.25, 0.3) is 5.69 Å². The van der Waals surface area contributed by atoms with Gasteiger partial charge in [-0.15, -0.1) is 0 Å². The first-order valence-electron chi connectivity index (χ1n) is 4.24. The van der Waals surface area contributed by atoms with Crippen molar-refractivity contribution in [3.63, 3.8) is 0 Å². The molecule has 0 radical (unpaired) electrons. The van der Waals surface area contributed by atoms with Gasteiger partial charge in [0.05, 0.1) is 0 Å². The van der Waals surface area contributed by atoms with Gasteiger partial charge in [0.25, 0.3) is 0 Å². The van der Waals surface area contributed by atoms with Gasteiger partial charge in [0.2, 0.25) is 0 Å². The van der Waals surface area contributed by atoms with E-state index in [1.54, 1.807) is 6.07 Å². The summed E-state index contributed by atoms with van der Waals surface area (Å²) in [7, 11) is 0. The molecule has 0 aliphatic carbocycles. The Morgan fingerprint density at radius 1 is 1.14 bits per heavy atom. The third kappa shape index (κ3) is 1.34. The molecule has 0 bridgehead atoms. The summed E-state index contributed by atoms with van der Waals surface area (Å²) < 4.78 is 1.82. The standard InChI is InChI=1S/C11H9N3/c12-8-11-2-1-7-14(11)10-5-3-9(13)4-6-10/h1-7H,13H2. The SMILES string of the molecule is N#Cc1cccn1-c1ccc(N)cc1. The quantitative estimate of drug-likeness (QED) is 0.687. The van der Waals surface area contributed by atoms with Gasteiger partial charge < -0.3 is 10.3 Å². The summed E-state index contributed by atoms with van der Waals surface area (Å²) in [6.07, 6.45) is 1.85. The molecule has 0 fully saturated rings. The average molecular weight is 183 g/mol. The van der Waals surface area contributed by atoms with Gasteiger partial charge in [-0.25, -0.2) is 0 Å². The van der Waals surface area contributed by atoms with Crippen molar-refractivity contribution >= 4 is 5.69 Å². The lowest BCUT2D eigenvalue weighted by Gasteiger charge is -2.04. The van der Waals surface area contributed by atoms with Crippen LogP contribution in [0.15, 0.2) is 42.6 Å². The average Bonchev–Trinajstić information content (AvgIpc) is 2.67. The Labute approximate surface area is 82.0 Å². The first kappa shape index (κ1) is 8.39. The van der Waals surface area contributed by atoms with Gasteiger partial charge >= 0.3 is 0 Å². The molecule has 3 nitrogen and oxygen atoms in total. The maximum Gasteiger partial charge on any atom is 0.124 e.